The normalized spacial score (nSPS) is 21.2. The number of hydrogen-bond donors (Lipinski definition) is 2. The zero-order valence-corrected chi connectivity index (χ0v) is 15.9. The van der Waals surface area contributed by atoms with Crippen molar-refractivity contribution in [3.63, 3.8) is 0 Å². The number of sulfonamides is 1. The first kappa shape index (κ1) is 20.9. The largest absolute Gasteiger partial charge is 0.480 e. The smallest absolute Gasteiger partial charge is 0.326 e. The lowest BCUT2D eigenvalue weighted by molar-refractivity contribution is -0.143. The van der Waals surface area contributed by atoms with Gasteiger partial charge in [-0.2, -0.15) is 0 Å². The van der Waals surface area contributed by atoms with E-state index in [0.717, 1.165) is 0 Å². The molecule has 1 rings (SSSR count). The molecule has 0 saturated carbocycles. The van der Waals surface area contributed by atoms with Gasteiger partial charge in [0.2, 0.25) is 15.9 Å². The van der Waals surface area contributed by atoms with E-state index in [1.54, 1.807) is 6.92 Å². The molecule has 2 unspecified atom stereocenters. The average molecular weight is 362 g/mol. The Bertz CT molecular complexity index is 553. The summed E-state index contributed by atoms with van der Waals surface area (Å²) in [6.45, 7) is 8.18. The summed E-state index contributed by atoms with van der Waals surface area (Å²) in [4.78, 5) is 23.8. The third kappa shape index (κ3) is 6.39. The van der Waals surface area contributed by atoms with Gasteiger partial charge in [0.25, 0.3) is 0 Å². The Morgan fingerprint density at radius 2 is 1.96 bits per heavy atom. The molecule has 1 heterocycles. The number of nitrogens with zero attached hydrogens (tertiary/aromatic N) is 1. The van der Waals surface area contributed by atoms with Crippen LogP contribution in [0, 0.1) is 11.3 Å². The molecule has 7 nitrogen and oxygen atoms in total. The zero-order valence-electron chi connectivity index (χ0n) is 15.0. The lowest BCUT2D eigenvalue weighted by Gasteiger charge is -2.31. The Labute approximate surface area is 144 Å². The van der Waals surface area contributed by atoms with Crippen LogP contribution in [0.2, 0.25) is 0 Å². The van der Waals surface area contributed by atoms with E-state index < -0.39 is 28.0 Å². The van der Waals surface area contributed by atoms with E-state index in [9.17, 15) is 23.1 Å². The topological polar surface area (TPSA) is 104 Å². The molecular formula is C16H30N2O5S. The van der Waals surface area contributed by atoms with Crippen LogP contribution in [0.3, 0.4) is 0 Å². The van der Waals surface area contributed by atoms with E-state index >= 15 is 0 Å². The Kier molecular flexibility index (Phi) is 7.22. The fourth-order valence-corrected chi connectivity index (χ4v) is 3.90. The molecule has 140 valence electrons. The van der Waals surface area contributed by atoms with Crippen molar-refractivity contribution < 1.29 is 23.1 Å². The first-order valence-electron chi connectivity index (χ1n) is 8.47. The molecule has 2 atom stereocenters. The van der Waals surface area contributed by atoms with E-state index in [0.29, 0.717) is 32.2 Å². The number of carboxylic acids is 1. The molecule has 8 heteroatoms. The first-order chi connectivity index (χ1) is 11.0. The number of carboxylic acid groups (broad SMARTS) is 1. The Hall–Kier alpha value is -1.15. The van der Waals surface area contributed by atoms with Crippen LogP contribution in [0.1, 0.15) is 53.4 Å². The van der Waals surface area contributed by atoms with Gasteiger partial charge < -0.3 is 10.4 Å². The molecule has 1 amide bonds. The summed E-state index contributed by atoms with van der Waals surface area (Å²) in [7, 11) is -3.33. The zero-order chi connectivity index (χ0) is 18.5. The molecule has 0 aromatic rings. The van der Waals surface area contributed by atoms with Crippen molar-refractivity contribution in [1.82, 2.24) is 9.62 Å². The van der Waals surface area contributed by atoms with E-state index in [1.807, 2.05) is 20.8 Å². The van der Waals surface area contributed by atoms with Crippen LogP contribution < -0.4 is 5.32 Å². The van der Waals surface area contributed by atoms with Crippen molar-refractivity contribution in [2.24, 2.45) is 11.3 Å². The summed E-state index contributed by atoms with van der Waals surface area (Å²) < 4.78 is 25.3. The molecule has 0 spiro atoms. The highest BCUT2D eigenvalue weighted by Gasteiger charge is 2.33. The number of rotatable bonds is 7. The summed E-state index contributed by atoms with van der Waals surface area (Å²) in [6, 6.07) is -0.935. The maximum absolute atomic E-state index is 12.4. The lowest BCUT2D eigenvalue weighted by atomic mass is 9.88. The van der Waals surface area contributed by atoms with Gasteiger partial charge in [-0.1, -0.05) is 20.8 Å². The molecule has 1 aliphatic heterocycles. The minimum Gasteiger partial charge on any atom is -0.480 e. The van der Waals surface area contributed by atoms with Gasteiger partial charge in [0.05, 0.1) is 11.7 Å². The highest BCUT2D eigenvalue weighted by molar-refractivity contribution is 7.89. The predicted octanol–water partition coefficient (Wildman–Crippen LogP) is 1.44. The quantitative estimate of drug-likeness (QED) is 0.713. The number of carbonyl (C=O) groups is 2. The molecule has 1 fully saturated rings. The van der Waals surface area contributed by atoms with Crippen molar-refractivity contribution >= 4 is 21.9 Å². The molecule has 0 aliphatic carbocycles. The van der Waals surface area contributed by atoms with Gasteiger partial charge in [0, 0.05) is 13.1 Å². The standard InChI is InChI=1S/C16H30N2O5S/c1-5-24(22,23)18-10-6-7-12(11-18)14(19)17-13(15(20)21)8-9-16(2,3)4/h12-13H,5-11H2,1-4H3,(H,17,19)(H,20,21). The number of aliphatic carboxylic acids is 1. The van der Waals surface area contributed by atoms with E-state index in [1.165, 1.54) is 4.31 Å². The summed E-state index contributed by atoms with van der Waals surface area (Å²) in [6.07, 6.45) is 2.21. The lowest BCUT2D eigenvalue weighted by Crippen LogP contribution is -2.49. The number of carbonyl (C=O) groups excluding carboxylic acids is 1. The second-order valence-electron chi connectivity index (χ2n) is 7.60. The first-order valence-corrected chi connectivity index (χ1v) is 10.1. The van der Waals surface area contributed by atoms with Crippen molar-refractivity contribution in [2.45, 2.75) is 59.4 Å². The summed E-state index contributed by atoms with van der Waals surface area (Å²) in [5.41, 5.74) is -0.0186. The Balaban J connectivity index is 2.68. The summed E-state index contributed by atoms with van der Waals surface area (Å²) in [5.74, 6) is -1.91. The molecule has 0 bridgehead atoms. The van der Waals surface area contributed by atoms with Crippen LogP contribution in [-0.2, 0) is 19.6 Å². The number of piperidine rings is 1. The van der Waals surface area contributed by atoms with Crippen molar-refractivity contribution in [3.8, 4) is 0 Å². The van der Waals surface area contributed by atoms with Gasteiger partial charge in [0.1, 0.15) is 6.04 Å². The maximum atomic E-state index is 12.4. The van der Waals surface area contributed by atoms with Gasteiger partial charge in [-0.3, -0.25) is 4.79 Å². The van der Waals surface area contributed by atoms with Crippen LogP contribution in [0.4, 0.5) is 0 Å². The maximum Gasteiger partial charge on any atom is 0.326 e. The fourth-order valence-electron chi connectivity index (χ4n) is 2.72. The molecule has 0 aromatic heterocycles. The van der Waals surface area contributed by atoms with Gasteiger partial charge in [-0.05, 0) is 38.0 Å². The minimum atomic E-state index is -3.33. The second-order valence-corrected chi connectivity index (χ2v) is 9.85. The SMILES string of the molecule is CCS(=O)(=O)N1CCCC(C(=O)NC(CCC(C)(C)C)C(=O)O)C1. The van der Waals surface area contributed by atoms with E-state index in [4.69, 9.17) is 0 Å². The molecule has 0 radical (unpaired) electrons. The molecule has 2 N–H and O–H groups in total. The number of hydrogen-bond acceptors (Lipinski definition) is 4. The average Bonchev–Trinajstić information content (AvgIpc) is 2.50. The van der Waals surface area contributed by atoms with Crippen molar-refractivity contribution in [2.75, 3.05) is 18.8 Å². The molecular weight excluding hydrogens is 332 g/mol. The van der Waals surface area contributed by atoms with Gasteiger partial charge in [-0.15, -0.1) is 0 Å². The van der Waals surface area contributed by atoms with Crippen LogP contribution in [0.15, 0.2) is 0 Å². The molecule has 0 aromatic carbocycles. The van der Waals surface area contributed by atoms with Crippen LogP contribution in [0.25, 0.3) is 0 Å². The third-order valence-electron chi connectivity index (χ3n) is 4.31. The van der Waals surface area contributed by atoms with Crippen LogP contribution in [-0.4, -0.2) is 54.6 Å². The Morgan fingerprint density at radius 3 is 2.46 bits per heavy atom. The van der Waals surface area contributed by atoms with Crippen LogP contribution in [0.5, 0.6) is 0 Å². The third-order valence-corrected chi connectivity index (χ3v) is 6.16. The van der Waals surface area contributed by atoms with Crippen molar-refractivity contribution in [3.05, 3.63) is 0 Å². The highest BCUT2D eigenvalue weighted by Crippen LogP contribution is 2.23. The molecule has 24 heavy (non-hydrogen) atoms. The number of amides is 1. The summed E-state index contributed by atoms with van der Waals surface area (Å²) >= 11 is 0. The highest BCUT2D eigenvalue weighted by atomic mass is 32.2. The molecule has 1 aliphatic rings. The van der Waals surface area contributed by atoms with Crippen molar-refractivity contribution in [1.29, 1.82) is 0 Å². The second kappa shape index (κ2) is 8.29. The van der Waals surface area contributed by atoms with Crippen LogP contribution >= 0.6 is 0 Å². The van der Waals surface area contributed by atoms with E-state index in [-0.39, 0.29) is 23.6 Å². The van der Waals surface area contributed by atoms with Gasteiger partial charge >= 0.3 is 5.97 Å². The minimum absolute atomic E-state index is 0.00464. The predicted molar refractivity (Wildman–Crippen MR) is 92.0 cm³/mol. The van der Waals surface area contributed by atoms with E-state index in [2.05, 4.69) is 5.32 Å². The Morgan fingerprint density at radius 1 is 1.33 bits per heavy atom. The monoisotopic (exact) mass is 362 g/mol. The fraction of sp³-hybridized carbons (Fsp3) is 0.875. The molecule has 1 saturated heterocycles. The van der Waals surface area contributed by atoms with Gasteiger partial charge in [0.15, 0.2) is 0 Å². The number of nitrogens with one attached hydrogen (secondary N) is 1. The summed E-state index contributed by atoms with van der Waals surface area (Å²) in [5, 5.41) is 11.9. The van der Waals surface area contributed by atoms with Gasteiger partial charge in [-0.25, -0.2) is 17.5 Å².